The van der Waals surface area contributed by atoms with Crippen molar-refractivity contribution >= 4 is 37.4 Å². The van der Waals surface area contributed by atoms with Gasteiger partial charge in [-0.05, 0) is 24.3 Å². The first-order valence-electron chi connectivity index (χ1n) is 6.08. The van der Waals surface area contributed by atoms with Crippen molar-refractivity contribution in [3.63, 3.8) is 0 Å². The number of hydrogen-bond acceptors (Lipinski definition) is 8. The molecule has 0 bridgehead atoms. The average molecular weight is 353 g/mol. The number of nitro benzene ring substituents is 1. The summed E-state index contributed by atoms with van der Waals surface area (Å²) >= 11 is 0.821. The highest BCUT2D eigenvalue weighted by molar-refractivity contribution is 7.87. The van der Waals surface area contributed by atoms with Crippen LogP contribution in [-0.4, -0.2) is 13.3 Å². The molecule has 1 heterocycles. The van der Waals surface area contributed by atoms with Crippen LogP contribution in [0.4, 0.5) is 5.69 Å². The maximum atomic E-state index is 12.2. The first-order valence-corrected chi connectivity index (χ1v) is 8.30. The first-order chi connectivity index (χ1) is 10.8. The molecule has 0 atom stereocenters. The van der Waals surface area contributed by atoms with Gasteiger partial charge in [0.25, 0.3) is 5.69 Å². The predicted molar refractivity (Wildman–Crippen MR) is 81.3 cm³/mol. The van der Waals surface area contributed by atoms with Crippen LogP contribution in [0.3, 0.4) is 0 Å². The molecule has 0 aliphatic heterocycles. The normalized spacial score (nSPS) is 11.5. The van der Waals surface area contributed by atoms with Gasteiger partial charge in [-0.2, -0.15) is 8.42 Å². The molecule has 8 nitrogen and oxygen atoms in total. The number of hydrogen-bond donors (Lipinski definition) is 0. The van der Waals surface area contributed by atoms with Crippen molar-refractivity contribution in [1.82, 2.24) is 0 Å². The summed E-state index contributed by atoms with van der Waals surface area (Å²) in [5, 5.41) is 10.6. The zero-order valence-electron chi connectivity index (χ0n) is 11.2. The molecule has 0 spiro atoms. The third kappa shape index (κ3) is 3.07. The maximum Gasteiger partial charge on any atom is 0.396 e. The van der Waals surface area contributed by atoms with Crippen molar-refractivity contribution in [3.8, 4) is 5.75 Å². The van der Waals surface area contributed by atoms with Gasteiger partial charge in [0, 0.05) is 18.2 Å². The molecule has 118 valence electrons. The van der Waals surface area contributed by atoms with Crippen LogP contribution in [0, 0.1) is 10.1 Å². The molecule has 0 aliphatic carbocycles. The second kappa shape index (κ2) is 5.48. The van der Waals surface area contributed by atoms with Crippen molar-refractivity contribution in [2.24, 2.45) is 0 Å². The van der Waals surface area contributed by atoms with Crippen LogP contribution in [0.1, 0.15) is 0 Å². The molecule has 0 aliphatic rings. The minimum atomic E-state index is -4.14. The summed E-state index contributed by atoms with van der Waals surface area (Å²) in [7, 11) is -4.14. The van der Waals surface area contributed by atoms with E-state index in [1.54, 1.807) is 0 Å². The molecule has 23 heavy (non-hydrogen) atoms. The van der Waals surface area contributed by atoms with Gasteiger partial charge in [-0.15, -0.1) is 0 Å². The molecule has 0 fully saturated rings. The fourth-order valence-electron chi connectivity index (χ4n) is 1.81. The lowest BCUT2D eigenvalue weighted by molar-refractivity contribution is -0.384. The summed E-state index contributed by atoms with van der Waals surface area (Å²) in [4.78, 5) is 20.3. The van der Waals surface area contributed by atoms with E-state index in [4.69, 9.17) is 8.60 Å². The van der Waals surface area contributed by atoms with Crippen LogP contribution >= 0.6 is 11.3 Å². The fraction of sp³-hybridized carbons (Fsp3) is 0. The number of benzene rings is 2. The van der Waals surface area contributed by atoms with Gasteiger partial charge in [-0.3, -0.25) is 10.1 Å². The molecule has 10 heteroatoms. The third-order valence-corrected chi connectivity index (χ3v) is 4.89. The van der Waals surface area contributed by atoms with Crippen LogP contribution in [0.25, 0.3) is 10.3 Å². The summed E-state index contributed by atoms with van der Waals surface area (Å²) in [6.07, 6.45) is 0. The van der Waals surface area contributed by atoms with E-state index in [0.717, 1.165) is 35.6 Å². The van der Waals surface area contributed by atoms with Crippen molar-refractivity contribution in [2.45, 2.75) is 4.90 Å². The molecule has 2 aromatic carbocycles. The molecule has 0 saturated heterocycles. The molecule has 3 aromatic rings. The van der Waals surface area contributed by atoms with Crippen molar-refractivity contribution in [2.75, 3.05) is 0 Å². The van der Waals surface area contributed by atoms with E-state index in [-0.39, 0.29) is 16.3 Å². The Morgan fingerprint density at radius 1 is 1.13 bits per heavy atom. The average Bonchev–Trinajstić information content (AvgIpc) is 2.86. The molecule has 0 radical (unpaired) electrons. The van der Waals surface area contributed by atoms with Gasteiger partial charge < -0.3 is 8.60 Å². The highest BCUT2D eigenvalue weighted by Crippen LogP contribution is 2.26. The van der Waals surface area contributed by atoms with E-state index in [9.17, 15) is 23.3 Å². The Morgan fingerprint density at radius 3 is 2.48 bits per heavy atom. The monoisotopic (exact) mass is 353 g/mol. The maximum absolute atomic E-state index is 12.2. The molecule has 0 N–H and O–H groups in total. The first kappa shape index (κ1) is 15.2. The van der Waals surface area contributed by atoms with Crippen LogP contribution < -0.4 is 9.12 Å². The summed E-state index contributed by atoms with van der Waals surface area (Å²) in [6.45, 7) is 0. The number of rotatable bonds is 4. The zero-order valence-corrected chi connectivity index (χ0v) is 12.8. The number of nitro groups is 1. The predicted octanol–water partition coefficient (Wildman–Crippen LogP) is 2.53. The van der Waals surface area contributed by atoms with Crippen LogP contribution in [0.15, 0.2) is 56.6 Å². The van der Waals surface area contributed by atoms with Gasteiger partial charge in [0.1, 0.15) is 16.2 Å². The van der Waals surface area contributed by atoms with E-state index >= 15 is 0 Å². The number of fused-ring (bicyclic) bond motifs is 1. The van der Waals surface area contributed by atoms with E-state index in [0.29, 0.717) is 10.3 Å². The minimum absolute atomic E-state index is 0.00732. The second-order valence-electron chi connectivity index (χ2n) is 4.35. The standard InChI is InChI=1S/C13H7NO7S2/c15-13-20-11-6-3-9(7-12(11)22-13)21-23(18,19)10-4-1-8(2-5-10)14(16)17/h1-7H. The smallest absolute Gasteiger partial charge is 0.396 e. The molecule has 3 rings (SSSR count). The minimum Gasteiger partial charge on any atom is -0.414 e. The summed E-state index contributed by atoms with van der Waals surface area (Å²) in [6, 6.07) is 8.45. The molecule has 0 unspecified atom stereocenters. The van der Waals surface area contributed by atoms with Gasteiger partial charge in [0.05, 0.1) is 9.62 Å². The Kier molecular flexibility index (Phi) is 3.62. The van der Waals surface area contributed by atoms with Crippen molar-refractivity contribution < 1.29 is 21.9 Å². The van der Waals surface area contributed by atoms with Gasteiger partial charge >= 0.3 is 15.1 Å². The topological polar surface area (TPSA) is 117 Å². The van der Waals surface area contributed by atoms with E-state index in [1.165, 1.54) is 18.2 Å². The fourth-order valence-corrected chi connectivity index (χ4v) is 3.43. The van der Waals surface area contributed by atoms with Crippen LogP contribution in [0.5, 0.6) is 5.75 Å². The highest BCUT2D eigenvalue weighted by Gasteiger charge is 2.18. The lowest BCUT2D eigenvalue weighted by atomic mass is 10.3. The van der Waals surface area contributed by atoms with E-state index < -0.39 is 20.0 Å². The van der Waals surface area contributed by atoms with Gasteiger partial charge in [-0.25, -0.2) is 4.79 Å². The molecule has 1 aromatic heterocycles. The molecular formula is C13H7NO7S2. The Balaban J connectivity index is 1.92. The highest BCUT2D eigenvalue weighted by atomic mass is 32.2. The lowest BCUT2D eigenvalue weighted by Crippen LogP contribution is -2.09. The van der Waals surface area contributed by atoms with E-state index in [1.807, 2.05) is 0 Å². The second-order valence-corrected chi connectivity index (χ2v) is 6.87. The van der Waals surface area contributed by atoms with Crippen molar-refractivity contribution in [3.05, 3.63) is 62.3 Å². The number of nitrogens with zero attached hydrogens (tertiary/aromatic N) is 1. The third-order valence-electron chi connectivity index (χ3n) is 2.84. The van der Waals surface area contributed by atoms with Crippen LogP contribution in [-0.2, 0) is 10.1 Å². The van der Waals surface area contributed by atoms with Crippen LogP contribution in [0.2, 0.25) is 0 Å². The summed E-state index contributed by atoms with van der Waals surface area (Å²) in [5.74, 6) is 0.00732. The van der Waals surface area contributed by atoms with Gasteiger partial charge in [-0.1, -0.05) is 11.3 Å². The Morgan fingerprint density at radius 2 is 1.83 bits per heavy atom. The van der Waals surface area contributed by atoms with Crippen molar-refractivity contribution in [1.29, 1.82) is 0 Å². The largest absolute Gasteiger partial charge is 0.414 e. The Hall–Kier alpha value is -2.72. The van der Waals surface area contributed by atoms with E-state index in [2.05, 4.69) is 0 Å². The molecule has 0 saturated carbocycles. The Labute approximate surface area is 132 Å². The zero-order chi connectivity index (χ0) is 16.6. The Bertz CT molecular complexity index is 1050. The summed E-state index contributed by atoms with van der Waals surface area (Å²) < 4.78 is 34.6. The molecule has 0 amide bonds. The quantitative estimate of drug-likeness (QED) is 0.402. The SMILES string of the molecule is O=c1oc2ccc(OS(=O)(=O)c3ccc([N+](=O)[O-])cc3)cc2s1. The van der Waals surface area contributed by atoms with Gasteiger partial charge in [0.15, 0.2) is 0 Å². The molecular weight excluding hydrogens is 346 g/mol. The number of non-ortho nitro benzene ring substituents is 1. The summed E-state index contributed by atoms with van der Waals surface area (Å²) in [5.41, 5.74) is 0.105. The lowest BCUT2D eigenvalue weighted by Gasteiger charge is -2.06. The van der Waals surface area contributed by atoms with Gasteiger partial charge in [0.2, 0.25) is 0 Å².